The Hall–Kier alpha value is -1.30. The molecule has 94 valence electrons. The van der Waals surface area contributed by atoms with Gasteiger partial charge in [0.2, 0.25) is 0 Å². The SMILES string of the molecule is FC(F)(F)c1cc(NC2CCNCC2)ccn1. The molecule has 0 aliphatic carbocycles. The summed E-state index contributed by atoms with van der Waals surface area (Å²) in [6, 6.07) is 2.86. The lowest BCUT2D eigenvalue weighted by Gasteiger charge is -2.24. The average Bonchev–Trinajstić information content (AvgIpc) is 2.29. The summed E-state index contributed by atoms with van der Waals surface area (Å²) in [6.45, 7) is 1.80. The molecule has 1 aromatic heterocycles. The Labute approximate surface area is 97.4 Å². The maximum atomic E-state index is 12.4. The highest BCUT2D eigenvalue weighted by Crippen LogP contribution is 2.29. The number of pyridine rings is 1. The third-order valence-corrected chi connectivity index (χ3v) is 2.76. The lowest BCUT2D eigenvalue weighted by molar-refractivity contribution is -0.141. The van der Waals surface area contributed by atoms with E-state index in [4.69, 9.17) is 0 Å². The number of nitrogens with one attached hydrogen (secondary N) is 2. The number of anilines is 1. The van der Waals surface area contributed by atoms with Gasteiger partial charge in [-0.15, -0.1) is 0 Å². The molecule has 1 aliphatic heterocycles. The second-order valence-electron chi connectivity index (χ2n) is 4.10. The van der Waals surface area contributed by atoms with E-state index in [9.17, 15) is 13.2 Å². The van der Waals surface area contributed by atoms with E-state index in [0.717, 1.165) is 32.0 Å². The highest BCUT2D eigenvalue weighted by molar-refractivity contribution is 5.44. The number of aromatic nitrogens is 1. The van der Waals surface area contributed by atoms with Crippen molar-refractivity contribution in [2.45, 2.75) is 25.1 Å². The molecule has 0 atom stereocenters. The van der Waals surface area contributed by atoms with Gasteiger partial charge < -0.3 is 10.6 Å². The van der Waals surface area contributed by atoms with Crippen LogP contribution in [0.25, 0.3) is 0 Å². The summed E-state index contributed by atoms with van der Waals surface area (Å²) in [5.41, 5.74) is -0.365. The summed E-state index contributed by atoms with van der Waals surface area (Å²) in [6.07, 6.45) is -1.36. The van der Waals surface area contributed by atoms with Crippen LogP contribution in [0.3, 0.4) is 0 Å². The first-order chi connectivity index (χ1) is 8.05. The predicted octanol–water partition coefficient (Wildman–Crippen LogP) is 2.26. The fraction of sp³-hybridized carbons (Fsp3) is 0.545. The molecule has 6 heteroatoms. The zero-order valence-corrected chi connectivity index (χ0v) is 9.22. The number of nitrogens with zero attached hydrogens (tertiary/aromatic N) is 1. The molecule has 2 rings (SSSR count). The number of rotatable bonds is 2. The van der Waals surface area contributed by atoms with Crippen molar-refractivity contribution in [3.8, 4) is 0 Å². The monoisotopic (exact) mass is 245 g/mol. The van der Waals surface area contributed by atoms with Crippen LogP contribution >= 0.6 is 0 Å². The minimum atomic E-state index is -4.38. The van der Waals surface area contributed by atoms with Crippen LogP contribution in [-0.2, 0) is 6.18 Å². The normalized spacial score (nSPS) is 18.1. The summed E-state index contributed by atoms with van der Waals surface area (Å²) in [5, 5.41) is 6.32. The number of hydrogen-bond acceptors (Lipinski definition) is 3. The zero-order valence-electron chi connectivity index (χ0n) is 9.22. The van der Waals surface area contributed by atoms with Gasteiger partial charge in [0.15, 0.2) is 0 Å². The molecule has 0 radical (unpaired) electrons. The third kappa shape index (κ3) is 3.33. The van der Waals surface area contributed by atoms with Crippen LogP contribution in [0.5, 0.6) is 0 Å². The second-order valence-corrected chi connectivity index (χ2v) is 4.10. The average molecular weight is 245 g/mol. The molecule has 1 fully saturated rings. The molecule has 0 unspecified atom stereocenters. The van der Waals surface area contributed by atoms with Crippen LogP contribution in [0.1, 0.15) is 18.5 Å². The minimum absolute atomic E-state index is 0.236. The summed E-state index contributed by atoms with van der Waals surface area (Å²) in [5.74, 6) is 0. The van der Waals surface area contributed by atoms with E-state index >= 15 is 0 Å². The molecule has 0 aromatic carbocycles. The number of hydrogen-bond donors (Lipinski definition) is 2. The number of piperidine rings is 1. The molecule has 0 bridgehead atoms. The topological polar surface area (TPSA) is 37.0 Å². The molecule has 17 heavy (non-hydrogen) atoms. The van der Waals surface area contributed by atoms with Gasteiger partial charge in [-0.1, -0.05) is 0 Å². The summed E-state index contributed by atoms with van der Waals surface area (Å²) in [4.78, 5) is 3.33. The summed E-state index contributed by atoms with van der Waals surface area (Å²) >= 11 is 0. The van der Waals surface area contributed by atoms with Crippen LogP contribution in [0, 0.1) is 0 Å². The van der Waals surface area contributed by atoms with Crippen molar-refractivity contribution in [3.63, 3.8) is 0 Å². The molecular weight excluding hydrogens is 231 g/mol. The van der Waals surface area contributed by atoms with E-state index < -0.39 is 11.9 Å². The first kappa shape index (κ1) is 12.2. The quantitative estimate of drug-likeness (QED) is 0.839. The lowest BCUT2D eigenvalue weighted by Crippen LogP contribution is -2.35. The maximum Gasteiger partial charge on any atom is 0.433 e. The van der Waals surface area contributed by atoms with Crippen molar-refractivity contribution < 1.29 is 13.2 Å². The Morgan fingerprint density at radius 1 is 1.29 bits per heavy atom. The molecule has 0 amide bonds. The van der Waals surface area contributed by atoms with E-state index in [1.54, 1.807) is 6.07 Å². The van der Waals surface area contributed by atoms with Crippen molar-refractivity contribution in [3.05, 3.63) is 24.0 Å². The van der Waals surface area contributed by atoms with Crippen molar-refractivity contribution in [2.75, 3.05) is 18.4 Å². The number of alkyl halides is 3. The van der Waals surface area contributed by atoms with Crippen molar-refractivity contribution in [1.29, 1.82) is 0 Å². The summed E-state index contributed by atoms with van der Waals surface area (Å²) < 4.78 is 37.3. The largest absolute Gasteiger partial charge is 0.433 e. The first-order valence-corrected chi connectivity index (χ1v) is 5.56. The van der Waals surface area contributed by atoms with Gasteiger partial charge in [-0.3, -0.25) is 4.98 Å². The van der Waals surface area contributed by atoms with Gasteiger partial charge in [0, 0.05) is 17.9 Å². The van der Waals surface area contributed by atoms with Crippen molar-refractivity contribution in [1.82, 2.24) is 10.3 Å². The highest BCUT2D eigenvalue weighted by Gasteiger charge is 2.32. The van der Waals surface area contributed by atoms with Gasteiger partial charge in [-0.2, -0.15) is 13.2 Å². The summed E-state index contributed by atoms with van der Waals surface area (Å²) in [7, 11) is 0. The Morgan fingerprint density at radius 3 is 2.65 bits per heavy atom. The molecule has 0 spiro atoms. The van der Waals surface area contributed by atoms with E-state index in [1.165, 1.54) is 6.20 Å². The van der Waals surface area contributed by atoms with Crippen LogP contribution in [0.4, 0.5) is 18.9 Å². The van der Waals surface area contributed by atoms with Crippen molar-refractivity contribution >= 4 is 5.69 Å². The van der Waals surface area contributed by atoms with Crippen LogP contribution in [-0.4, -0.2) is 24.1 Å². The molecule has 1 aliphatic rings. The third-order valence-electron chi connectivity index (χ3n) is 2.76. The fourth-order valence-corrected chi connectivity index (χ4v) is 1.88. The van der Waals surface area contributed by atoms with E-state index in [-0.39, 0.29) is 6.04 Å². The van der Waals surface area contributed by atoms with Gasteiger partial charge in [0.05, 0.1) is 0 Å². The molecule has 3 nitrogen and oxygen atoms in total. The molecule has 2 N–H and O–H groups in total. The Balaban J connectivity index is 2.05. The Kier molecular flexibility index (Phi) is 3.51. The van der Waals surface area contributed by atoms with Gasteiger partial charge in [-0.05, 0) is 38.1 Å². The zero-order chi connectivity index (χ0) is 12.3. The smallest absolute Gasteiger partial charge is 0.382 e. The van der Waals surface area contributed by atoms with Crippen molar-refractivity contribution in [2.24, 2.45) is 0 Å². The molecule has 1 saturated heterocycles. The standard InChI is InChI=1S/C11H14F3N3/c12-11(13,14)10-7-9(3-6-16-10)17-8-1-4-15-5-2-8/h3,6-8,15H,1-2,4-5H2,(H,16,17). The van der Waals surface area contributed by atoms with E-state index in [0.29, 0.717) is 5.69 Å². The lowest BCUT2D eigenvalue weighted by atomic mass is 10.1. The van der Waals surface area contributed by atoms with Crippen LogP contribution in [0.15, 0.2) is 18.3 Å². The number of halogens is 3. The Morgan fingerprint density at radius 2 is 2.00 bits per heavy atom. The molecule has 1 aromatic rings. The van der Waals surface area contributed by atoms with Gasteiger partial charge in [0.25, 0.3) is 0 Å². The van der Waals surface area contributed by atoms with Gasteiger partial charge >= 0.3 is 6.18 Å². The molecule has 2 heterocycles. The van der Waals surface area contributed by atoms with Gasteiger partial charge in [-0.25, -0.2) is 0 Å². The second kappa shape index (κ2) is 4.91. The first-order valence-electron chi connectivity index (χ1n) is 5.56. The van der Waals surface area contributed by atoms with Crippen LogP contribution in [0.2, 0.25) is 0 Å². The minimum Gasteiger partial charge on any atom is -0.382 e. The maximum absolute atomic E-state index is 12.4. The van der Waals surface area contributed by atoms with E-state index in [2.05, 4.69) is 15.6 Å². The predicted molar refractivity (Wildman–Crippen MR) is 58.8 cm³/mol. The Bertz CT molecular complexity index is 372. The van der Waals surface area contributed by atoms with E-state index in [1.807, 2.05) is 0 Å². The highest BCUT2D eigenvalue weighted by atomic mass is 19.4. The van der Waals surface area contributed by atoms with Crippen LogP contribution < -0.4 is 10.6 Å². The molecule has 0 saturated carbocycles. The van der Waals surface area contributed by atoms with Gasteiger partial charge in [0.1, 0.15) is 5.69 Å². The fourth-order valence-electron chi connectivity index (χ4n) is 1.88. The molecular formula is C11H14F3N3.